The van der Waals surface area contributed by atoms with E-state index in [0.29, 0.717) is 0 Å². The van der Waals surface area contributed by atoms with E-state index in [1.165, 1.54) is 0 Å². The van der Waals surface area contributed by atoms with Crippen molar-refractivity contribution in [2.24, 2.45) is 0 Å². The summed E-state index contributed by atoms with van der Waals surface area (Å²) >= 11 is 0. The molecule has 2 N–H and O–H groups in total. The molecule has 0 spiro atoms. The zero-order chi connectivity index (χ0) is 15.7. The maximum atomic E-state index is 11.2. The fourth-order valence-corrected chi connectivity index (χ4v) is 2.78. The lowest BCUT2D eigenvalue weighted by molar-refractivity contribution is 0.281. The van der Waals surface area contributed by atoms with Crippen molar-refractivity contribution in [2.45, 2.75) is 26.2 Å². The Morgan fingerprint density at radius 3 is 2.10 bits per heavy atom. The maximum Gasteiger partial charge on any atom is 0.524 e. The van der Waals surface area contributed by atoms with Gasteiger partial charge >= 0.3 is 7.82 Å². The van der Waals surface area contributed by atoms with Crippen molar-refractivity contribution >= 4 is 7.82 Å². The molecule has 2 aromatic carbocycles. The van der Waals surface area contributed by atoms with E-state index in [1.807, 2.05) is 57.2 Å². The third kappa shape index (κ3) is 3.94. The van der Waals surface area contributed by atoms with Crippen LogP contribution in [0.2, 0.25) is 0 Å². The van der Waals surface area contributed by atoms with Gasteiger partial charge in [0.05, 0.1) is 0 Å². The van der Waals surface area contributed by atoms with Crippen LogP contribution >= 0.6 is 7.82 Å². The molecule has 0 aromatic heterocycles. The van der Waals surface area contributed by atoms with Gasteiger partial charge in [-0.3, -0.25) is 9.79 Å². The highest BCUT2D eigenvalue weighted by Gasteiger charge is 2.27. The smallest absolute Gasteiger partial charge is 0.404 e. The number of rotatable bonds is 3. The van der Waals surface area contributed by atoms with E-state index in [1.54, 1.807) is 12.1 Å². The molecule has 0 saturated heterocycles. The van der Waals surface area contributed by atoms with Gasteiger partial charge in [-0.25, -0.2) is 4.57 Å². The molecular formula is C16H19O4P. The summed E-state index contributed by atoms with van der Waals surface area (Å²) in [4.78, 5) is 18.2. The van der Waals surface area contributed by atoms with Gasteiger partial charge in [0.1, 0.15) is 5.75 Å². The molecule has 2 rings (SSSR count). The van der Waals surface area contributed by atoms with E-state index < -0.39 is 7.82 Å². The van der Waals surface area contributed by atoms with Gasteiger partial charge in [-0.1, -0.05) is 63.2 Å². The average Bonchev–Trinajstić information content (AvgIpc) is 2.36. The molecule has 0 aliphatic heterocycles. The zero-order valence-corrected chi connectivity index (χ0v) is 13.2. The fraction of sp³-hybridized carbons (Fsp3) is 0.250. The topological polar surface area (TPSA) is 66.8 Å². The van der Waals surface area contributed by atoms with Crippen LogP contribution in [0.1, 0.15) is 26.3 Å². The normalized spacial score (nSPS) is 12.2. The SMILES string of the molecule is CC(C)(C)c1c(OP(=O)(O)O)cccc1-c1ccccc1. The van der Waals surface area contributed by atoms with Gasteiger partial charge in [0.15, 0.2) is 0 Å². The fourth-order valence-electron chi connectivity index (χ4n) is 2.37. The van der Waals surface area contributed by atoms with Crippen molar-refractivity contribution in [3.8, 4) is 16.9 Å². The second-order valence-corrected chi connectivity index (χ2v) is 7.04. The van der Waals surface area contributed by atoms with E-state index >= 15 is 0 Å². The van der Waals surface area contributed by atoms with Gasteiger partial charge in [-0.15, -0.1) is 0 Å². The van der Waals surface area contributed by atoms with Crippen molar-refractivity contribution in [3.05, 3.63) is 54.1 Å². The van der Waals surface area contributed by atoms with Crippen LogP contribution in [0.3, 0.4) is 0 Å². The monoisotopic (exact) mass is 306 g/mol. The summed E-state index contributed by atoms with van der Waals surface area (Å²) in [5.41, 5.74) is 2.35. The molecule has 112 valence electrons. The molecule has 0 bridgehead atoms. The number of hydrogen-bond acceptors (Lipinski definition) is 2. The third-order valence-electron chi connectivity index (χ3n) is 3.08. The summed E-state index contributed by atoms with van der Waals surface area (Å²) in [6.45, 7) is 5.96. The predicted octanol–water partition coefficient (Wildman–Crippen LogP) is 4.12. The first-order chi connectivity index (χ1) is 9.68. The van der Waals surface area contributed by atoms with Crippen LogP contribution in [0.5, 0.6) is 5.75 Å². The average molecular weight is 306 g/mol. The lowest BCUT2D eigenvalue weighted by atomic mass is 9.81. The molecule has 21 heavy (non-hydrogen) atoms. The molecule has 0 heterocycles. The van der Waals surface area contributed by atoms with Gasteiger partial charge in [0.25, 0.3) is 0 Å². The van der Waals surface area contributed by atoms with Crippen molar-refractivity contribution < 1.29 is 18.9 Å². The Labute approximate surface area is 124 Å². The number of hydrogen-bond donors (Lipinski definition) is 2. The molecule has 0 saturated carbocycles. The Hall–Kier alpha value is -1.61. The highest BCUT2D eigenvalue weighted by atomic mass is 31.2. The van der Waals surface area contributed by atoms with Crippen molar-refractivity contribution in [3.63, 3.8) is 0 Å². The Morgan fingerprint density at radius 1 is 0.952 bits per heavy atom. The van der Waals surface area contributed by atoms with Crippen molar-refractivity contribution in [1.82, 2.24) is 0 Å². The third-order valence-corrected chi connectivity index (χ3v) is 3.51. The van der Waals surface area contributed by atoms with Crippen molar-refractivity contribution in [2.75, 3.05) is 0 Å². The number of benzene rings is 2. The van der Waals surface area contributed by atoms with Crippen LogP contribution in [0.15, 0.2) is 48.5 Å². The lowest BCUT2D eigenvalue weighted by Gasteiger charge is -2.26. The Bertz CT molecular complexity index is 668. The summed E-state index contributed by atoms with van der Waals surface area (Å²) in [6.07, 6.45) is 0. The van der Waals surface area contributed by atoms with Gasteiger partial charge in [0.2, 0.25) is 0 Å². The van der Waals surface area contributed by atoms with Crippen LogP contribution in [0.4, 0.5) is 0 Å². The Balaban J connectivity index is 2.67. The Morgan fingerprint density at radius 2 is 1.57 bits per heavy atom. The minimum Gasteiger partial charge on any atom is -0.404 e. The van der Waals surface area contributed by atoms with Crippen LogP contribution < -0.4 is 4.52 Å². The summed E-state index contributed by atoms with van der Waals surface area (Å²) in [5, 5.41) is 0. The lowest BCUT2D eigenvalue weighted by Crippen LogP contribution is -2.14. The van der Waals surface area contributed by atoms with E-state index in [-0.39, 0.29) is 11.2 Å². The first kappa shape index (κ1) is 15.8. The summed E-state index contributed by atoms with van der Waals surface area (Å²) in [6, 6.07) is 15.0. The second kappa shape index (κ2) is 5.64. The molecule has 0 aliphatic rings. The number of phosphoric ester groups is 1. The summed E-state index contributed by atoms with van der Waals surface area (Å²) in [5.74, 6) is 0.220. The van der Waals surface area contributed by atoms with Crippen molar-refractivity contribution in [1.29, 1.82) is 0 Å². The van der Waals surface area contributed by atoms with E-state index in [9.17, 15) is 4.57 Å². The predicted molar refractivity (Wildman–Crippen MR) is 83.3 cm³/mol. The highest BCUT2D eigenvalue weighted by molar-refractivity contribution is 7.46. The molecule has 4 nitrogen and oxygen atoms in total. The largest absolute Gasteiger partial charge is 0.524 e. The quantitative estimate of drug-likeness (QED) is 0.837. The Kier molecular flexibility index (Phi) is 4.24. The minimum atomic E-state index is -4.60. The summed E-state index contributed by atoms with van der Waals surface area (Å²) in [7, 11) is -4.60. The molecule has 0 unspecified atom stereocenters. The second-order valence-electron chi connectivity index (χ2n) is 5.88. The molecular weight excluding hydrogens is 287 g/mol. The molecule has 0 radical (unpaired) electrons. The van der Waals surface area contributed by atoms with E-state index in [2.05, 4.69) is 0 Å². The van der Waals surface area contributed by atoms with Gasteiger partial charge in [0, 0.05) is 5.56 Å². The molecule has 2 aromatic rings. The summed E-state index contributed by atoms with van der Waals surface area (Å²) < 4.78 is 16.1. The van der Waals surface area contributed by atoms with E-state index in [0.717, 1.165) is 16.7 Å². The minimum absolute atomic E-state index is 0.220. The molecule has 0 aliphatic carbocycles. The number of phosphoric acid groups is 1. The highest BCUT2D eigenvalue weighted by Crippen LogP contribution is 2.45. The van der Waals surface area contributed by atoms with Crippen LogP contribution in [-0.4, -0.2) is 9.79 Å². The first-order valence-electron chi connectivity index (χ1n) is 6.62. The van der Waals surface area contributed by atoms with Gasteiger partial charge in [-0.2, -0.15) is 0 Å². The van der Waals surface area contributed by atoms with Crippen LogP contribution in [0.25, 0.3) is 11.1 Å². The van der Waals surface area contributed by atoms with Crippen LogP contribution in [-0.2, 0) is 9.98 Å². The first-order valence-corrected chi connectivity index (χ1v) is 8.15. The zero-order valence-electron chi connectivity index (χ0n) is 12.3. The molecule has 0 amide bonds. The maximum absolute atomic E-state index is 11.2. The molecule has 0 fully saturated rings. The standard InChI is InChI=1S/C16H19O4P/c1-16(2,3)15-13(12-8-5-4-6-9-12)10-7-11-14(15)20-21(17,18)19/h4-11H,1-3H3,(H2,17,18,19). The molecule has 5 heteroatoms. The van der Waals surface area contributed by atoms with Gasteiger partial charge < -0.3 is 4.52 Å². The molecule has 0 atom stereocenters. The van der Waals surface area contributed by atoms with E-state index in [4.69, 9.17) is 14.3 Å². The van der Waals surface area contributed by atoms with Crippen LogP contribution in [0, 0.1) is 0 Å². The van der Waals surface area contributed by atoms with Gasteiger partial charge in [-0.05, 0) is 22.6 Å².